The van der Waals surface area contributed by atoms with Gasteiger partial charge < -0.3 is 5.32 Å². The molecule has 0 saturated carbocycles. The maximum Gasteiger partial charge on any atom is 0.159 e. The van der Waals surface area contributed by atoms with Crippen LogP contribution in [0.25, 0.3) is 0 Å². The smallest absolute Gasteiger partial charge is 0.159 e. The average Bonchev–Trinajstić information content (AvgIpc) is 2.39. The molecule has 2 aromatic carbocycles. The molecule has 0 aliphatic carbocycles. The molecule has 100 valence electrons. The van der Waals surface area contributed by atoms with Gasteiger partial charge in [0.05, 0.1) is 6.04 Å². The van der Waals surface area contributed by atoms with Crippen molar-refractivity contribution in [2.24, 2.45) is 0 Å². The zero-order chi connectivity index (χ0) is 14.0. The summed E-state index contributed by atoms with van der Waals surface area (Å²) in [6.45, 7) is 1.91. The largest absolute Gasteiger partial charge is 0.309 e. The van der Waals surface area contributed by atoms with E-state index in [0.29, 0.717) is 10.6 Å². The van der Waals surface area contributed by atoms with E-state index in [1.54, 1.807) is 13.1 Å². The average molecular weight is 282 g/mol. The number of hydrogen-bond donors (Lipinski definition) is 1. The van der Waals surface area contributed by atoms with Crippen LogP contribution in [0.15, 0.2) is 36.4 Å². The van der Waals surface area contributed by atoms with Crippen LogP contribution in [0.5, 0.6) is 0 Å². The van der Waals surface area contributed by atoms with Gasteiger partial charge in [0.2, 0.25) is 0 Å². The fraction of sp³-hybridized carbons (Fsp3) is 0.200. The van der Waals surface area contributed by atoms with Crippen molar-refractivity contribution >= 4 is 11.6 Å². The van der Waals surface area contributed by atoms with Crippen LogP contribution in [0.2, 0.25) is 5.02 Å². The van der Waals surface area contributed by atoms with Crippen molar-refractivity contribution in [2.45, 2.75) is 13.0 Å². The van der Waals surface area contributed by atoms with Crippen molar-refractivity contribution in [1.29, 1.82) is 0 Å². The molecule has 0 aliphatic heterocycles. The summed E-state index contributed by atoms with van der Waals surface area (Å²) in [5.74, 6) is -1.71. The Bertz CT molecular complexity index is 599. The Morgan fingerprint density at radius 2 is 1.84 bits per heavy atom. The summed E-state index contributed by atoms with van der Waals surface area (Å²) < 4.78 is 26.3. The van der Waals surface area contributed by atoms with Crippen molar-refractivity contribution in [2.75, 3.05) is 7.05 Å². The van der Waals surface area contributed by atoms with Crippen LogP contribution < -0.4 is 5.32 Å². The van der Waals surface area contributed by atoms with Crippen LogP contribution in [-0.4, -0.2) is 7.05 Å². The highest BCUT2D eigenvalue weighted by Crippen LogP contribution is 2.30. The van der Waals surface area contributed by atoms with Gasteiger partial charge in [-0.05, 0) is 42.8 Å². The van der Waals surface area contributed by atoms with E-state index in [4.69, 9.17) is 11.6 Å². The van der Waals surface area contributed by atoms with Gasteiger partial charge in [0.1, 0.15) is 0 Å². The van der Waals surface area contributed by atoms with Crippen molar-refractivity contribution in [3.63, 3.8) is 0 Å². The molecule has 2 aromatic rings. The summed E-state index contributed by atoms with van der Waals surface area (Å²) >= 11 is 6.28. The number of aryl methyl sites for hydroxylation is 1. The molecule has 1 nitrogen and oxygen atoms in total. The van der Waals surface area contributed by atoms with Gasteiger partial charge >= 0.3 is 0 Å². The van der Waals surface area contributed by atoms with Gasteiger partial charge in [-0.25, -0.2) is 8.78 Å². The van der Waals surface area contributed by atoms with Gasteiger partial charge in [0, 0.05) is 5.02 Å². The minimum absolute atomic E-state index is 0.275. The van der Waals surface area contributed by atoms with Crippen molar-refractivity contribution < 1.29 is 8.78 Å². The monoisotopic (exact) mass is 281 g/mol. The lowest BCUT2D eigenvalue weighted by Gasteiger charge is -2.19. The number of nitrogens with one attached hydrogen (secondary N) is 1. The quantitative estimate of drug-likeness (QED) is 0.887. The zero-order valence-electron chi connectivity index (χ0n) is 10.7. The molecule has 0 bridgehead atoms. The second-order valence-electron chi connectivity index (χ2n) is 4.37. The van der Waals surface area contributed by atoms with Crippen molar-refractivity contribution in [1.82, 2.24) is 5.32 Å². The SMILES string of the molecule is CNC(c1ccc(F)c(F)c1)c1cccc(C)c1Cl. The molecular weight excluding hydrogens is 268 g/mol. The van der Waals surface area contributed by atoms with Crippen molar-refractivity contribution in [3.05, 3.63) is 69.7 Å². The van der Waals surface area contributed by atoms with Crippen LogP contribution in [0.1, 0.15) is 22.7 Å². The predicted molar refractivity (Wildman–Crippen MR) is 73.4 cm³/mol. The molecule has 4 heteroatoms. The molecule has 0 radical (unpaired) electrons. The van der Waals surface area contributed by atoms with E-state index in [0.717, 1.165) is 17.2 Å². The number of halogens is 3. The topological polar surface area (TPSA) is 12.0 Å². The molecule has 0 aromatic heterocycles. The van der Waals surface area contributed by atoms with Crippen LogP contribution in [-0.2, 0) is 0 Å². The van der Waals surface area contributed by atoms with Gasteiger partial charge in [-0.2, -0.15) is 0 Å². The van der Waals surface area contributed by atoms with E-state index in [-0.39, 0.29) is 6.04 Å². The zero-order valence-corrected chi connectivity index (χ0v) is 11.4. The number of rotatable bonds is 3. The lowest BCUT2D eigenvalue weighted by atomic mass is 9.97. The molecule has 2 rings (SSSR count). The summed E-state index contributed by atoms with van der Waals surface area (Å²) in [7, 11) is 1.75. The van der Waals surface area contributed by atoms with E-state index >= 15 is 0 Å². The van der Waals surface area contributed by atoms with E-state index in [1.807, 2.05) is 25.1 Å². The third-order valence-electron chi connectivity index (χ3n) is 3.10. The molecule has 1 atom stereocenters. The summed E-state index contributed by atoms with van der Waals surface area (Å²) in [5.41, 5.74) is 2.42. The fourth-order valence-corrected chi connectivity index (χ4v) is 2.32. The minimum Gasteiger partial charge on any atom is -0.309 e. The summed E-state index contributed by atoms with van der Waals surface area (Å²) in [6.07, 6.45) is 0. The maximum absolute atomic E-state index is 13.3. The first-order valence-corrected chi connectivity index (χ1v) is 6.29. The van der Waals surface area contributed by atoms with E-state index in [9.17, 15) is 8.78 Å². The van der Waals surface area contributed by atoms with Gasteiger partial charge in [0.15, 0.2) is 11.6 Å². The standard InChI is InChI=1S/C15H14ClF2N/c1-9-4-3-5-11(14(9)16)15(19-2)10-6-7-12(17)13(18)8-10/h3-8,15,19H,1-2H3. The van der Waals surface area contributed by atoms with Crippen molar-refractivity contribution in [3.8, 4) is 0 Å². The molecule has 0 aliphatic rings. The summed E-state index contributed by atoms with van der Waals surface area (Å²) in [6, 6.07) is 9.26. The first-order valence-electron chi connectivity index (χ1n) is 5.92. The second kappa shape index (κ2) is 5.68. The van der Waals surface area contributed by atoms with Gasteiger partial charge in [0.25, 0.3) is 0 Å². The minimum atomic E-state index is -0.860. The van der Waals surface area contributed by atoms with E-state index < -0.39 is 11.6 Å². The first-order chi connectivity index (χ1) is 9.04. The maximum atomic E-state index is 13.3. The van der Waals surface area contributed by atoms with Crippen LogP contribution in [0.3, 0.4) is 0 Å². The first kappa shape index (κ1) is 14.0. The Morgan fingerprint density at radius 1 is 1.11 bits per heavy atom. The van der Waals surface area contributed by atoms with Crippen LogP contribution >= 0.6 is 11.6 Å². The molecule has 1 unspecified atom stereocenters. The molecule has 0 saturated heterocycles. The molecule has 19 heavy (non-hydrogen) atoms. The molecular formula is C15H14ClF2N. The third-order valence-corrected chi connectivity index (χ3v) is 3.61. The Kier molecular flexibility index (Phi) is 4.17. The predicted octanol–water partition coefficient (Wildman–Crippen LogP) is 4.24. The molecule has 0 heterocycles. The fourth-order valence-electron chi connectivity index (χ4n) is 2.09. The normalized spacial score (nSPS) is 12.5. The Hall–Kier alpha value is -1.45. The Balaban J connectivity index is 2.50. The molecule has 0 fully saturated rings. The highest BCUT2D eigenvalue weighted by Gasteiger charge is 2.17. The van der Waals surface area contributed by atoms with E-state index in [2.05, 4.69) is 5.32 Å². The summed E-state index contributed by atoms with van der Waals surface area (Å²) in [5, 5.41) is 3.71. The van der Waals surface area contributed by atoms with Gasteiger partial charge in [-0.15, -0.1) is 0 Å². The Labute approximate surface area is 116 Å². The second-order valence-corrected chi connectivity index (χ2v) is 4.75. The molecule has 0 amide bonds. The highest BCUT2D eigenvalue weighted by atomic mass is 35.5. The third kappa shape index (κ3) is 2.77. The molecule has 1 N–H and O–H groups in total. The molecule has 0 spiro atoms. The summed E-state index contributed by atoms with van der Waals surface area (Å²) in [4.78, 5) is 0. The van der Waals surface area contributed by atoms with Crippen LogP contribution in [0.4, 0.5) is 8.78 Å². The highest BCUT2D eigenvalue weighted by molar-refractivity contribution is 6.32. The van der Waals surface area contributed by atoms with Gasteiger partial charge in [-0.3, -0.25) is 0 Å². The lowest BCUT2D eigenvalue weighted by Crippen LogP contribution is -2.18. The number of benzene rings is 2. The van der Waals surface area contributed by atoms with E-state index in [1.165, 1.54) is 6.07 Å². The Morgan fingerprint density at radius 3 is 2.47 bits per heavy atom. The van der Waals surface area contributed by atoms with Gasteiger partial charge in [-0.1, -0.05) is 35.9 Å². The number of hydrogen-bond acceptors (Lipinski definition) is 1. The lowest BCUT2D eigenvalue weighted by molar-refractivity contribution is 0.505. The van der Waals surface area contributed by atoms with Crippen LogP contribution in [0, 0.1) is 18.6 Å².